The highest BCUT2D eigenvalue weighted by atomic mass is 32.1. The first-order valence-electron chi connectivity index (χ1n) is 11.7. The molecule has 0 aliphatic carbocycles. The molecule has 6 nitrogen and oxygen atoms in total. The third-order valence-corrected chi connectivity index (χ3v) is 7.57. The number of carbonyl (C=O) groups excluding carboxylic acids is 1. The maximum absolute atomic E-state index is 14.3. The molecule has 4 aromatic rings. The predicted octanol–water partition coefficient (Wildman–Crippen LogP) is 4.52. The van der Waals surface area contributed by atoms with Crippen LogP contribution in [0.3, 0.4) is 0 Å². The molecule has 1 fully saturated rings. The van der Waals surface area contributed by atoms with E-state index in [4.69, 9.17) is 0 Å². The molecule has 2 aromatic carbocycles. The first-order chi connectivity index (χ1) is 17.0. The van der Waals surface area contributed by atoms with Crippen LogP contribution in [-0.2, 0) is 7.05 Å². The van der Waals surface area contributed by atoms with Gasteiger partial charge in [-0.05, 0) is 43.3 Å². The Morgan fingerprint density at radius 3 is 2.49 bits per heavy atom. The Morgan fingerprint density at radius 1 is 1.03 bits per heavy atom. The number of para-hydroxylation sites is 1. The number of benzene rings is 2. The molecule has 1 aliphatic heterocycles. The van der Waals surface area contributed by atoms with Crippen molar-refractivity contribution in [1.29, 1.82) is 0 Å². The molecule has 1 N–H and O–H groups in total. The first kappa shape index (κ1) is 23.4. The second-order valence-electron chi connectivity index (χ2n) is 8.67. The highest BCUT2D eigenvalue weighted by Gasteiger charge is 2.21. The lowest BCUT2D eigenvalue weighted by molar-refractivity contribution is 0.0955. The van der Waals surface area contributed by atoms with Gasteiger partial charge in [0.25, 0.3) is 5.91 Å². The van der Waals surface area contributed by atoms with E-state index in [1.807, 2.05) is 12.1 Å². The Kier molecular flexibility index (Phi) is 6.79. The van der Waals surface area contributed by atoms with Gasteiger partial charge in [0.2, 0.25) is 0 Å². The fraction of sp³-hybridized carbons (Fsp3) is 0.308. The Morgan fingerprint density at radius 2 is 1.74 bits per heavy atom. The van der Waals surface area contributed by atoms with Crippen LogP contribution in [0.25, 0.3) is 21.5 Å². The van der Waals surface area contributed by atoms with Gasteiger partial charge in [-0.25, -0.2) is 8.78 Å². The van der Waals surface area contributed by atoms with Gasteiger partial charge in [-0.3, -0.25) is 14.4 Å². The van der Waals surface area contributed by atoms with E-state index in [1.54, 1.807) is 42.1 Å². The molecule has 1 amide bonds. The SMILES string of the molecule is Cn1nc(-c2ccccc2F)c2cc(C(=O)NCCCN3CCN(c4ccccc4F)CC3)sc21. The number of anilines is 1. The van der Waals surface area contributed by atoms with E-state index in [0.717, 1.165) is 49.4 Å². The molecule has 1 aliphatic rings. The van der Waals surface area contributed by atoms with Crippen LogP contribution in [0.15, 0.2) is 54.6 Å². The van der Waals surface area contributed by atoms with Gasteiger partial charge in [-0.15, -0.1) is 11.3 Å². The fourth-order valence-electron chi connectivity index (χ4n) is 4.52. The second kappa shape index (κ2) is 10.1. The molecule has 2 aromatic heterocycles. The summed E-state index contributed by atoms with van der Waals surface area (Å²) in [6.07, 6.45) is 0.832. The second-order valence-corrected chi connectivity index (χ2v) is 9.70. The summed E-state index contributed by atoms with van der Waals surface area (Å²) in [7, 11) is 1.80. The monoisotopic (exact) mass is 495 g/mol. The molecule has 182 valence electrons. The first-order valence-corrected chi connectivity index (χ1v) is 12.5. The summed E-state index contributed by atoms with van der Waals surface area (Å²) in [4.78, 5) is 18.6. The van der Waals surface area contributed by atoms with E-state index >= 15 is 0 Å². The van der Waals surface area contributed by atoms with Crippen molar-refractivity contribution in [3.05, 3.63) is 71.1 Å². The number of piperazine rings is 1. The molecule has 0 atom stereocenters. The van der Waals surface area contributed by atoms with Gasteiger partial charge >= 0.3 is 0 Å². The standard InChI is InChI=1S/C26H27F2N5OS/c1-31-26-19(24(30-31)18-7-2-3-8-20(18)27)17-23(35-26)25(34)29-11-6-12-32-13-15-33(16-14-32)22-10-5-4-9-21(22)28/h2-5,7-10,17H,6,11-16H2,1H3,(H,29,34). The van der Waals surface area contributed by atoms with E-state index in [0.29, 0.717) is 28.4 Å². The van der Waals surface area contributed by atoms with E-state index in [9.17, 15) is 13.6 Å². The normalized spacial score (nSPS) is 14.5. The third-order valence-electron chi connectivity index (χ3n) is 6.37. The summed E-state index contributed by atoms with van der Waals surface area (Å²) in [5, 5.41) is 8.24. The molecular weight excluding hydrogens is 468 g/mol. The lowest BCUT2D eigenvalue weighted by Crippen LogP contribution is -2.47. The lowest BCUT2D eigenvalue weighted by Gasteiger charge is -2.36. The highest BCUT2D eigenvalue weighted by molar-refractivity contribution is 7.20. The smallest absolute Gasteiger partial charge is 0.261 e. The molecule has 0 spiro atoms. The van der Waals surface area contributed by atoms with Crippen LogP contribution in [0.1, 0.15) is 16.1 Å². The average molecular weight is 496 g/mol. The summed E-state index contributed by atoms with van der Waals surface area (Å²) in [5.74, 6) is -0.642. The zero-order chi connectivity index (χ0) is 24.4. The molecule has 9 heteroatoms. The van der Waals surface area contributed by atoms with E-state index in [-0.39, 0.29) is 17.5 Å². The Bertz CT molecular complexity index is 1340. The zero-order valence-corrected chi connectivity index (χ0v) is 20.3. The lowest BCUT2D eigenvalue weighted by atomic mass is 10.1. The largest absolute Gasteiger partial charge is 0.367 e. The van der Waals surface area contributed by atoms with Crippen molar-refractivity contribution >= 4 is 33.1 Å². The van der Waals surface area contributed by atoms with Crippen molar-refractivity contribution in [3.8, 4) is 11.3 Å². The van der Waals surface area contributed by atoms with Crippen LogP contribution in [0.4, 0.5) is 14.5 Å². The van der Waals surface area contributed by atoms with Gasteiger partial charge in [0.15, 0.2) is 0 Å². The number of aromatic nitrogens is 2. The fourth-order valence-corrected chi connectivity index (χ4v) is 5.51. The summed E-state index contributed by atoms with van der Waals surface area (Å²) < 4.78 is 30.0. The van der Waals surface area contributed by atoms with Crippen molar-refractivity contribution < 1.29 is 13.6 Å². The number of fused-ring (bicyclic) bond motifs is 1. The van der Waals surface area contributed by atoms with Gasteiger partial charge in [0.05, 0.1) is 10.6 Å². The van der Waals surface area contributed by atoms with Gasteiger partial charge in [-0.2, -0.15) is 5.10 Å². The van der Waals surface area contributed by atoms with Crippen molar-refractivity contribution in [3.63, 3.8) is 0 Å². The molecule has 0 unspecified atom stereocenters. The van der Waals surface area contributed by atoms with Gasteiger partial charge < -0.3 is 10.2 Å². The van der Waals surface area contributed by atoms with Gasteiger partial charge in [0, 0.05) is 50.7 Å². The quantitative estimate of drug-likeness (QED) is 0.383. The number of nitrogens with one attached hydrogen (secondary N) is 1. The minimum absolute atomic E-state index is 0.130. The molecule has 0 radical (unpaired) electrons. The predicted molar refractivity (Wildman–Crippen MR) is 136 cm³/mol. The number of amides is 1. The molecule has 0 saturated carbocycles. The minimum atomic E-state index is -0.334. The van der Waals surface area contributed by atoms with Crippen molar-refractivity contribution in [2.75, 3.05) is 44.2 Å². The Labute approximate surface area is 206 Å². The summed E-state index contributed by atoms with van der Waals surface area (Å²) in [5.41, 5.74) is 1.64. The summed E-state index contributed by atoms with van der Waals surface area (Å²) >= 11 is 1.36. The Balaban J connectivity index is 1.13. The van der Waals surface area contributed by atoms with E-state index < -0.39 is 0 Å². The third kappa shape index (κ3) is 4.92. The van der Waals surface area contributed by atoms with Crippen LogP contribution in [0.2, 0.25) is 0 Å². The molecule has 1 saturated heterocycles. The van der Waals surface area contributed by atoms with E-state index in [2.05, 4.69) is 20.2 Å². The minimum Gasteiger partial charge on any atom is -0.367 e. The molecular formula is C26H27F2N5OS. The van der Waals surface area contributed by atoms with Crippen molar-refractivity contribution in [2.45, 2.75) is 6.42 Å². The zero-order valence-electron chi connectivity index (χ0n) is 19.5. The molecule has 35 heavy (non-hydrogen) atoms. The van der Waals surface area contributed by atoms with Crippen molar-refractivity contribution in [1.82, 2.24) is 20.0 Å². The van der Waals surface area contributed by atoms with Crippen LogP contribution in [-0.4, -0.2) is 59.9 Å². The number of nitrogens with zero attached hydrogens (tertiary/aromatic N) is 4. The number of aryl methyl sites for hydroxylation is 1. The maximum atomic E-state index is 14.3. The van der Waals surface area contributed by atoms with Crippen LogP contribution in [0, 0.1) is 11.6 Å². The number of thiophene rings is 1. The number of hydrogen-bond donors (Lipinski definition) is 1. The average Bonchev–Trinajstić information content (AvgIpc) is 3.44. The molecule has 5 rings (SSSR count). The number of carbonyl (C=O) groups is 1. The summed E-state index contributed by atoms with van der Waals surface area (Å²) in [6, 6.07) is 15.2. The van der Waals surface area contributed by atoms with Gasteiger partial charge in [0.1, 0.15) is 22.2 Å². The molecule has 3 heterocycles. The number of hydrogen-bond acceptors (Lipinski definition) is 5. The van der Waals surface area contributed by atoms with Crippen LogP contribution < -0.4 is 10.2 Å². The summed E-state index contributed by atoms with van der Waals surface area (Å²) in [6.45, 7) is 4.74. The number of halogens is 2. The van der Waals surface area contributed by atoms with Crippen molar-refractivity contribution in [2.24, 2.45) is 7.05 Å². The maximum Gasteiger partial charge on any atom is 0.261 e. The van der Waals surface area contributed by atoms with Gasteiger partial charge in [-0.1, -0.05) is 24.3 Å². The Hall–Kier alpha value is -3.30. The van der Waals surface area contributed by atoms with Crippen LogP contribution in [0.5, 0.6) is 0 Å². The molecule has 0 bridgehead atoms. The van der Waals surface area contributed by atoms with E-state index in [1.165, 1.54) is 23.5 Å². The topological polar surface area (TPSA) is 53.4 Å². The van der Waals surface area contributed by atoms with Crippen LogP contribution >= 0.6 is 11.3 Å². The number of rotatable bonds is 7. The highest BCUT2D eigenvalue weighted by Crippen LogP contribution is 2.34.